The van der Waals surface area contributed by atoms with Crippen molar-refractivity contribution in [2.45, 2.75) is 32.7 Å². The molecule has 2 aromatic heterocycles. The summed E-state index contributed by atoms with van der Waals surface area (Å²) in [5.41, 5.74) is 1.42. The number of carbonyl (C=O) groups is 2. The molecule has 0 spiro atoms. The van der Waals surface area contributed by atoms with E-state index in [0.29, 0.717) is 18.5 Å². The average molecular weight is 353 g/mol. The SMILES string of the molecule is CCCC(NC(=O)c1nnn(-c2cccc3cnccc23)c1C)C(=O)O. The van der Waals surface area contributed by atoms with Crippen LogP contribution in [0.5, 0.6) is 0 Å². The van der Waals surface area contributed by atoms with Crippen LogP contribution >= 0.6 is 0 Å². The van der Waals surface area contributed by atoms with Crippen LogP contribution in [0.3, 0.4) is 0 Å². The maximum Gasteiger partial charge on any atom is 0.326 e. The molecule has 0 aliphatic carbocycles. The zero-order chi connectivity index (χ0) is 18.7. The molecule has 0 fully saturated rings. The predicted molar refractivity (Wildman–Crippen MR) is 95.2 cm³/mol. The Morgan fingerprint density at radius 3 is 2.85 bits per heavy atom. The lowest BCUT2D eigenvalue weighted by molar-refractivity contribution is -0.139. The van der Waals surface area contributed by atoms with E-state index in [9.17, 15) is 14.7 Å². The van der Waals surface area contributed by atoms with E-state index < -0.39 is 17.9 Å². The fourth-order valence-electron chi connectivity index (χ4n) is 2.83. The van der Waals surface area contributed by atoms with Gasteiger partial charge in [0.25, 0.3) is 5.91 Å². The Balaban J connectivity index is 1.95. The van der Waals surface area contributed by atoms with Gasteiger partial charge >= 0.3 is 5.97 Å². The van der Waals surface area contributed by atoms with Crippen molar-refractivity contribution in [2.24, 2.45) is 0 Å². The molecule has 1 aromatic carbocycles. The van der Waals surface area contributed by atoms with Crippen molar-refractivity contribution < 1.29 is 14.7 Å². The molecular weight excluding hydrogens is 334 g/mol. The third-order valence-electron chi connectivity index (χ3n) is 4.18. The molecule has 0 radical (unpaired) electrons. The summed E-state index contributed by atoms with van der Waals surface area (Å²) in [6.07, 6.45) is 4.44. The smallest absolute Gasteiger partial charge is 0.326 e. The molecule has 0 saturated heterocycles. The average Bonchev–Trinajstić information content (AvgIpc) is 3.02. The van der Waals surface area contributed by atoms with Crippen LogP contribution in [0.2, 0.25) is 0 Å². The molecule has 1 amide bonds. The van der Waals surface area contributed by atoms with Gasteiger partial charge in [-0.15, -0.1) is 5.10 Å². The number of hydrogen-bond acceptors (Lipinski definition) is 5. The van der Waals surface area contributed by atoms with E-state index in [0.717, 1.165) is 16.5 Å². The summed E-state index contributed by atoms with van der Waals surface area (Å²) >= 11 is 0. The molecule has 3 rings (SSSR count). The molecule has 0 aliphatic heterocycles. The summed E-state index contributed by atoms with van der Waals surface area (Å²) in [6, 6.07) is 6.62. The second-order valence-electron chi connectivity index (χ2n) is 5.96. The van der Waals surface area contributed by atoms with Gasteiger partial charge in [-0.05, 0) is 25.5 Å². The molecule has 134 valence electrons. The molecule has 0 saturated carbocycles. The number of nitrogens with zero attached hydrogens (tertiary/aromatic N) is 4. The monoisotopic (exact) mass is 353 g/mol. The van der Waals surface area contributed by atoms with Crippen LogP contribution in [0, 0.1) is 6.92 Å². The van der Waals surface area contributed by atoms with Gasteiger partial charge in [0.1, 0.15) is 6.04 Å². The van der Waals surface area contributed by atoms with Gasteiger partial charge in [-0.2, -0.15) is 0 Å². The molecule has 8 nitrogen and oxygen atoms in total. The molecule has 2 N–H and O–H groups in total. The topological polar surface area (TPSA) is 110 Å². The largest absolute Gasteiger partial charge is 0.480 e. The lowest BCUT2D eigenvalue weighted by Gasteiger charge is -2.12. The van der Waals surface area contributed by atoms with Crippen LogP contribution in [0.25, 0.3) is 16.5 Å². The van der Waals surface area contributed by atoms with Crippen molar-refractivity contribution >= 4 is 22.6 Å². The number of aromatic nitrogens is 4. The molecule has 0 bridgehead atoms. The molecular formula is C18H19N5O3. The Bertz CT molecular complexity index is 961. The van der Waals surface area contributed by atoms with Crippen molar-refractivity contribution in [3.05, 3.63) is 48.0 Å². The van der Waals surface area contributed by atoms with Crippen LogP contribution in [0.1, 0.15) is 35.9 Å². The first-order valence-electron chi connectivity index (χ1n) is 8.32. The Labute approximate surface area is 149 Å². The highest BCUT2D eigenvalue weighted by molar-refractivity contribution is 5.96. The normalized spacial score (nSPS) is 12.1. The second-order valence-corrected chi connectivity index (χ2v) is 5.96. The number of hydrogen-bond donors (Lipinski definition) is 2. The summed E-state index contributed by atoms with van der Waals surface area (Å²) < 4.78 is 1.58. The Kier molecular flexibility index (Phi) is 4.92. The van der Waals surface area contributed by atoms with E-state index in [1.165, 1.54) is 0 Å². The number of benzene rings is 1. The van der Waals surface area contributed by atoms with Crippen LogP contribution < -0.4 is 5.32 Å². The van der Waals surface area contributed by atoms with Gasteiger partial charge < -0.3 is 10.4 Å². The van der Waals surface area contributed by atoms with E-state index in [4.69, 9.17) is 0 Å². The minimum atomic E-state index is -1.06. The third-order valence-corrected chi connectivity index (χ3v) is 4.18. The number of aliphatic carboxylic acids is 1. The van der Waals surface area contributed by atoms with Gasteiger partial charge in [-0.1, -0.05) is 30.7 Å². The Morgan fingerprint density at radius 1 is 1.31 bits per heavy atom. The molecule has 1 unspecified atom stereocenters. The molecule has 8 heteroatoms. The number of amides is 1. The Hall–Kier alpha value is -3.29. The molecule has 26 heavy (non-hydrogen) atoms. The zero-order valence-electron chi connectivity index (χ0n) is 14.5. The van der Waals surface area contributed by atoms with Gasteiger partial charge in [0, 0.05) is 23.2 Å². The van der Waals surface area contributed by atoms with Gasteiger partial charge in [-0.3, -0.25) is 9.78 Å². The molecule has 0 aliphatic rings. The van der Waals surface area contributed by atoms with Crippen LogP contribution in [0.15, 0.2) is 36.7 Å². The van der Waals surface area contributed by atoms with E-state index in [1.54, 1.807) is 24.0 Å². The molecule has 3 aromatic rings. The van der Waals surface area contributed by atoms with Crippen molar-refractivity contribution in [3.8, 4) is 5.69 Å². The first-order chi connectivity index (χ1) is 12.5. The standard InChI is InChI=1S/C18H19N5O3/c1-3-5-14(18(25)26)20-17(24)16-11(2)23(22-21-16)15-7-4-6-12-10-19-9-8-13(12)15/h4,6-10,14H,3,5H2,1-2H3,(H,20,24)(H,25,26). The zero-order valence-corrected chi connectivity index (χ0v) is 14.5. The fraction of sp³-hybridized carbons (Fsp3) is 0.278. The summed E-state index contributed by atoms with van der Waals surface area (Å²) in [5.74, 6) is -1.61. The van der Waals surface area contributed by atoms with Crippen molar-refractivity contribution in [3.63, 3.8) is 0 Å². The maximum absolute atomic E-state index is 12.5. The van der Waals surface area contributed by atoms with Crippen molar-refractivity contribution in [2.75, 3.05) is 0 Å². The summed E-state index contributed by atoms with van der Waals surface area (Å²) in [5, 5.41) is 21.7. The number of rotatable bonds is 6. The number of fused-ring (bicyclic) bond motifs is 1. The highest BCUT2D eigenvalue weighted by atomic mass is 16.4. The highest BCUT2D eigenvalue weighted by Gasteiger charge is 2.24. The van der Waals surface area contributed by atoms with Gasteiger partial charge in [-0.25, -0.2) is 9.48 Å². The number of carboxylic acids is 1. The number of carboxylic acid groups (broad SMARTS) is 1. The van der Waals surface area contributed by atoms with Gasteiger partial charge in [0.2, 0.25) is 0 Å². The first-order valence-corrected chi connectivity index (χ1v) is 8.32. The summed E-state index contributed by atoms with van der Waals surface area (Å²) in [7, 11) is 0. The quantitative estimate of drug-likeness (QED) is 0.702. The Morgan fingerprint density at radius 2 is 2.12 bits per heavy atom. The van der Waals surface area contributed by atoms with Gasteiger partial charge in [0.05, 0.1) is 11.4 Å². The van der Waals surface area contributed by atoms with Gasteiger partial charge in [0.15, 0.2) is 5.69 Å². The van der Waals surface area contributed by atoms with E-state index in [1.807, 2.05) is 31.2 Å². The number of nitrogens with one attached hydrogen (secondary N) is 1. The van der Waals surface area contributed by atoms with E-state index in [-0.39, 0.29) is 5.69 Å². The first kappa shape index (κ1) is 17.5. The minimum Gasteiger partial charge on any atom is -0.480 e. The van der Waals surface area contributed by atoms with Crippen LogP contribution in [-0.2, 0) is 4.79 Å². The lowest BCUT2D eigenvalue weighted by atomic mass is 10.1. The van der Waals surface area contributed by atoms with Crippen molar-refractivity contribution in [1.29, 1.82) is 0 Å². The lowest BCUT2D eigenvalue weighted by Crippen LogP contribution is -2.41. The number of carbonyl (C=O) groups excluding carboxylic acids is 1. The summed E-state index contributed by atoms with van der Waals surface area (Å²) in [6.45, 7) is 3.59. The van der Waals surface area contributed by atoms with E-state index >= 15 is 0 Å². The molecule has 2 heterocycles. The van der Waals surface area contributed by atoms with Crippen LogP contribution in [0.4, 0.5) is 0 Å². The van der Waals surface area contributed by atoms with Crippen molar-refractivity contribution in [1.82, 2.24) is 25.3 Å². The minimum absolute atomic E-state index is 0.110. The maximum atomic E-state index is 12.5. The predicted octanol–water partition coefficient (Wildman–Crippen LogP) is 2.11. The van der Waals surface area contributed by atoms with E-state index in [2.05, 4.69) is 20.6 Å². The molecule has 1 atom stereocenters. The second kappa shape index (κ2) is 7.30. The summed E-state index contributed by atoms with van der Waals surface area (Å²) in [4.78, 5) is 27.8. The number of pyridine rings is 1. The fourth-order valence-corrected chi connectivity index (χ4v) is 2.83. The van der Waals surface area contributed by atoms with Crippen LogP contribution in [-0.4, -0.2) is 43.0 Å². The highest BCUT2D eigenvalue weighted by Crippen LogP contribution is 2.22. The third kappa shape index (κ3) is 3.26.